The number of hydrogen-bond acceptors (Lipinski definition) is 1. The predicted molar refractivity (Wildman–Crippen MR) is 45.1 cm³/mol. The Morgan fingerprint density at radius 2 is 2.27 bits per heavy atom. The van der Waals surface area contributed by atoms with Gasteiger partial charge in [-0.05, 0) is 30.3 Å². The SMILES string of the molecule is COC1=CC[C@H]2C[C@@H]1C2(C)C. The van der Waals surface area contributed by atoms with Gasteiger partial charge in [0.05, 0.1) is 12.9 Å². The molecule has 3 aliphatic rings. The maximum atomic E-state index is 5.34. The number of ether oxygens (including phenoxy) is 1. The van der Waals surface area contributed by atoms with Crippen LogP contribution in [0.2, 0.25) is 0 Å². The van der Waals surface area contributed by atoms with Crippen molar-refractivity contribution in [3.63, 3.8) is 0 Å². The van der Waals surface area contributed by atoms with Gasteiger partial charge in [-0.1, -0.05) is 13.8 Å². The second-order valence-electron chi connectivity index (χ2n) is 4.35. The maximum Gasteiger partial charge on any atom is 0.0952 e. The van der Waals surface area contributed by atoms with Crippen LogP contribution in [0.3, 0.4) is 0 Å². The van der Waals surface area contributed by atoms with E-state index in [0.29, 0.717) is 11.3 Å². The summed E-state index contributed by atoms with van der Waals surface area (Å²) in [6, 6.07) is 0. The highest BCUT2D eigenvalue weighted by molar-refractivity contribution is 5.18. The van der Waals surface area contributed by atoms with Gasteiger partial charge in [-0.25, -0.2) is 0 Å². The number of rotatable bonds is 1. The number of fused-ring (bicyclic) bond motifs is 1. The molecule has 1 nitrogen and oxygen atoms in total. The summed E-state index contributed by atoms with van der Waals surface area (Å²) in [6.07, 6.45) is 4.85. The van der Waals surface area contributed by atoms with Gasteiger partial charge in [-0.3, -0.25) is 0 Å². The monoisotopic (exact) mass is 152 g/mol. The summed E-state index contributed by atoms with van der Waals surface area (Å²) in [6.45, 7) is 4.72. The molecule has 0 heterocycles. The molecular formula is C10H16O. The van der Waals surface area contributed by atoms with Crippen molar-refractivity contribution in [2.24, 2.45) is 17.3 Å². The zero-order valence-electron chi connectivity index (χ0n) is 7.55. The van der Waals surface area contributed by atoms with Crippen LogP contribution in [0.1, 0.15) is 26.7 Å². The minimum absolute atomic E-state index is 0.514. The highest BCUT2D eigenvalue weighted by Gasteiger charge is 2.51. The summed E-state index contributed by atoms with van der Waals surface area (Å²) in [4.78, 5) is 0. The summed E-state index contributed by atoms with van der Waals surface area (Å²) in [5.41, 5.74) is 0.514. The third-order valence-corrected chi connectivity index (χ3v) is 3.65. The zero-order chi connectivity index (χ0) is 8.06. The molecule has 11 heavy (non-hydrogen) atoms. The molecule has 0 amide bonds. The van der Waals surface area contributed by atoms with Crippen molar-refractivity contribution in [2.75, 3.05) is 7.11 Å². The smallest absolute Gasteiger partial charge is 0.0952 e. The average molecular weight is 152 g/mol. The minimum Gasteiger partial charge on any atom is -0.501 e. The van der Waals surface area contributed by atoms with Gasteiger partial charge in [0.1, 0.15) is 0 Å². The van der Waals surface area contributed by atoms with Crippen molar-refractivity contribution >= 4 is 0 Å². The average Bonchev–Trinajstić information content (AvgIpc) is 2.04. The number of hydrogen-bond donors (Lipinski definition) is 0. The Balaban J connectivity index is 2.23. The van der Waals surface area contributed by atoms with Crippen molar-refractivity contribution < 1.29 is 4.74 Å². The lowest BCUT2D eigenvalue weighted by Crippen LogP contribution is -2.48. The van der Waals surface area contributed by atoms with E-state index in [0.717, 1.165) is 5.92 Å². The molecule has 0 N–H and O–H groups in total. The van der Waals surface area contributed by atoms with Gasteiger partial charge in [-0.15, -0.1) is 0 Å². The fraction of sp³-hybridized carbons (Fsp3) is 0.800. The second-order valence-corrected chi connectivity index (χ2v) is 4.35. The van der Waals surface area contributed by atoms with Crippen molar-refractivity contribution in [2.45, 2.75) is 26.7 Å². The van der Waals surface area contributed by atoms with Crippen LogP contribution in [0, 0.1) is 17.3 Å². The topological polar surface area (TPSA) is 9.23 Å². The lowest BCUT2D eigenvalue weighted by atomic mass is 9.50. The Kier molecular flexibility index (Phi) is 1.33. The molecule has 3 rings (SSSR count). The molecule has 0 aromatic rings. The van der Waals surface area contributed by atoms with Crippen LogP contribution in [0.25, 0.3) is 0 Å². The first-order valence-corrected chi connectivity index (χ1v) is 4.40. The first-order chi connectivity index (χ1) is 5.16. The van der Waals surface area contributed by atoms with Gasteiger partial charge in [0.15, 0.2) is 0 Å². The second kappa shape index (κ2) is 2.02. The lowest BCUT2D eigenvalue weighted by molar-refractivity contribution is -0.0398. The Morgan fingerprint density at radius 1 is 1.55 bits per heavy atom. The van der Waals surface area contributed by atoms with Crippen LogP contribution < -0.4 is 0 Å². The highest BCUT2D eigenvalue weighted by atomic mass is 16.5. The fourth-order valence-electron chi connectivity index (χ4n) is 2.53. The fourth-order valence-corrected chi connectivity index (χ4v) is 2.53. The largest absolute Gasteiger partial charge is 0.501 e. The molecule has 0 aliphatic heterocycles. The van der Waals surface area contributed by atoms with Gasteiger partial charge in [0, 0.05) is 5.92 Å². The van der Waals surface area contributed by atoms with Crippen LogP contribution in [0.5, 0.6) is 0 Å². The number of allylic oxidation sites excluding steroid dienone is 2. The molecule has 0 saturated heterocycles. The summed E-state index contributed by atoms with van der Waals surface area (Å²) in [5, 5.41) is 0. The van der Waals surface area contributed by atoms with Crippen LogP contribution in [0.4, 0.5) is 0 Å². The number of methoxy groups -OCH3 is 1. The van der Waals surface area contributed by atoms with Crippen molar-refractivity contribution in [1.82, 2.24) is 0 Å². The van der Waals surface area contributed by atoms with Crippen molar-refractivity contribution in [3.8, 4) is 0 Å². The van der Waals surface area contributed by atoms with Gasteiger partial charge in [0.2, 0.25) is 0 Å². The highest BCUT2D eigenvalue weighted by Crippen LogP contribution is 2.59. The summed E-state index contributed by atoms with van der Waals surface area (Å²) in [7, 11) is 1.79. The Labute approximate surface area is 68.4 Å². The van der Waals surface area contributed by atoms with E-state index in [1.807, 2.05) is 0 Å². The summed E-state index contributed by atoms with van der Waals surface area (Å²) >= 11 is 0. The predicted octanol–water partition coefficient (Wildman–Crippen LogP) is 2.58. The van der Waals surface area contributed by atoms with E-state index in [-0.39, 0.29) is 0 Å². The van der Waals surface area contributed by atoms with E-state index in [2.05, 4.69) is 19.9 Å². The van der Waals surface area contributed by atoms with E-state index in [9.17, 15) is 0 Å². The molecule has 3 aliphatic carbocycles. The van der Waals surface area contributed by atoms with E-state index in [4.69, 9.17) is 4.74 Å². The molecule has 1 fully saturated rings. The van der Waals surface area contributed by atoms with E-state index >= 15 is 0 Å². The van der Waals surface area contributed by atoms with Crippen LogP contribution in [-0.2, 0) is 4.74 Å². The Bertz CT molecular complexity index is 203. The standard InChI is InChI=1S/C10H16O/c1-10(2)7-4-5-9(11-3)8(10)6-7/h5,7-8H,4,6H2,1-3H3/t7-,8-/m0/s1. The molecule has 62 valence electrons. The van der Waals surface area contributed by atoms with Gasteiger partial charge in [0.25, 0.3) is 0 Å². The van der Waals surface area contributed by atoms with Crippen LogP contribution in [0.15, 0.2) is 11.8 Å². The maximum absolute atomic E-state index is 5.34. The molecular weight excluding hydrogens is 136 g/mol. The van der Waals surface area contributed by atoms with Gasteiger partial charge >= 0.3 is 0 Å². The molecule has 0 aromatic carbocycles. The summed E-state index contributed by atoms with van der Waals surface area (Å²) in [5.74, 6) is 2.87. The van der Waals surface area contributed by atoms with Crippen LogP contribution >= 0.6 is 0 Å². The van der Waals surface area contributed by atoms with Crippen molar-refractivity contribution in [1.29, 1.82) is 0 Å². The lowest BCUT2D eigenvalue weighted by Gasteiger charge is -2.55. The first kappa shape index (κ1) is 7.20. The first-order valence-electron chi connectivity index (χ1n) is 4.40. The minimum atomic E-state index is 0.514. The van der Waals surface area contributed by atoms with Crippen molar-refractivity contribution in [3.05, 3.63) is 11.8 Å². The molecule has 0 spiro atoms. The third-order valence-electron chi connectivity index (χ3n) is 3.65. The molecule has 0 unspecified atom stereocenters. The quantitative estimate of drug-likeness (QED) is 0.561. The van der Waals surface area contributed by atoms with Gasteiger partial charge in [-0.2, -0.15) is 0 Å². The Hall–Kier alpha value is -0.460. The molecule has 2 bridgehead atoms. The van der Waals surface area contributed by atoms with E-state index in [1.165, 1.54) is 18.6 Å². The molecule has 1 heteroatoms. The van der Waals surface area contributed by atoms with E-state index < -0.39 is 0 Å². The third kappa shape index (κ3) is 0.770. The van der Waals surface area contributed by atoms with Gasteiger partial charge < -0.3 is 4.74 Å². The zero-order valence-corrected chi connectivity index (χ0v) is 7.55. The Morgan fingerprint density at radius 3 is 2.64 bits per heavy atom. The molecule has 0 radical (unpaired) electrons. The normalized spacial score (nSPS) is 39.0. The summed E-state index contributed by atoms with van der Waals surface area (Å²) < 4.78 is 5.34. The van der Waals surface area contributed by atoms with Crippen LogP contribution in [-0.4, -0.2) is 7.11 Å². The molecule has 0 aromatic heterocycles. The molecule has 1 saturated carbocycles. The van der Waals surface area contributed by atoms with E-state index in [1.54, 1.807) is 7.11 Å². The molecule has 2 atom stereocenters.